The van der Waals surface area contributed by atoms with E-state index in [1.807, 2.05) is 0 Å². The summed E-state index contributed by atoms with van der Waals surface area (Å²) >= 11 is 0. The fraction of sp³-hybridized carbons (Fsp3) is 0. The SMILES string of the molecule is C#Cc1cc(C=O)ccc1O. The van der Waals surface area contributed by atoms with Gasteiger partial charge in [0.1, 0.15) is 12.0 Å². The van der Waals surface area contributed by atoms with Crippen LogP contribution in [0.2, 0.25) is 0 Å². The molecular weight excluding hydrogens is 140 g/mol. The van der Waals surface area contributed by atoms with Gasteiger partial charge in [-0.25, -0.2) is 0 Å². The summed E-state index contributed by atoms with van der Waals surface area (Å²) in [6.07, 6.45) is 5.73. The van der Waals surface area contributed by atoms with Crippen molar-refractivity contribution < 1.29 is 9.90 Å². The third-order valence-corrected chi connectivity index (χ3v) is 1.31. The van der Waals surface area contributed by atoms with Gasteiger partial charge in [0, 0.05) is 5.56 Å². The molecule has 0 unspecified atom stereocenters. The van der Waals surface area contributed by atoms with Gasteiger partial charge in [0.25, 0.3) is 0 Å². The number of phenols is 1. The molecule has 54 valence electrons. The van der Waals surface area contributed by atoms with Crippen LogP contribution in [-0.4, -0.2) is 11.4 Å². The highest BCUT2D eigenvalue weighted by atomic mass is 16.3. The van der Waals surface area contributed by atoms with Crippen LogP contribution in [0.4, 0.5) is 0 Å². The van der Waals surface area contributed by atoms with Crippen molar-refractivity contribution in [3.8, 4) is 18.1 Å². The zero-order valence-corrected chi connectivity index (χ0v) is 5.74. The van der Waals surface area contributed by atoms with Gasteiger partial charge >= 0.3 is 0 Å². The Bertz CT molecular complexity index is 321. The average molecular weight is 146 g/mol. The van der Waals surface area contributed by atoms with E-state index in [1.54, 1.807) is 0 Å². The van der Waals surface area contributed by atoms with Crippen molar-refractivity contribution in [3.05, 3.63) is 29.3 Å². The Hall–Kier alpha value is -1.75. The van der Waals surface area contributed by atoms with Crippen LogP contribution in [0.5, 0.6) is 5.75 Å². The number of benzene rings is 1. The minimum atomic E-state index is 0.0260. The van der Waals surface area contributed by atoms with Gasteiger partial charge in [0.05, 0.1) is 5.56 Å². The molecule has 0 aromatic heterocycles. The van der Waals surface area contributed by atoms with Crippen LogP contribution in [0.3, 0.4) is 0 Å². The summed E-state index contributed by atoms with van der Waals surface area (Å²) in [6.45, 7) is 0. The molecule has 0 fully saturated rings. The van der Waals surface area contributed by atoms with Crippen molar-refractivity contribution in [2.45, 2.75) is 0 Å². The minimum Gasteiger partial charge on any atom is -0.507 e. The molecule has 0 bridgehead atoms. The third kappa shape index (κ3) is 1.39. The molecule has 1 aromatic carbocycles. The molecule has 2 heteroatoms. The molecule has 1 aromatic rings. The lowest BCUT2D eigenvalue weighted by atomic mass is 10.1. The molecule has 2 nitrogen and oxygen atoms in total. The standard InChI is InChI=1S/C9H6O2/c1-2-8-5-7(6-10)3-4-9(8)11/h1,3-6,11H. The Morgan fingerprint density at radius 3 is 2.82 bits per heavy atom. The maximum Gasteiger partial charge on any atom is 0.150 e. The van der Waals surface area contributed by atoms with Crippen molar-refractivity contribution in [2.24, 2.45) is 0 Å². The maximum absolute atomic E-state index is 10.2. The average Bonchev–Trinajstić information content (AvgIpc) is 2.05. The van der Waals surface area contributed by atoms with E-state index in [1.165, 1.54) is 18.2 Å². The van der Waals surface area contributed by atoms with E-state index < -0.39 is 0 Å². The molecule has 1 rings (SSSR count). The lowest BCUT2D eigenvalue weighted by Crippen LogP contribution is -1.81. The first kappa shape index (κ1) is 7.36. The summed E-state index contributed by atoms with van der Waals surface area (Å²) in [5, 5.41) is 9.07. The van der Waals surface area contributed by atoms with Crippen molar-refractivity contribution in [1.29, 1.82) is 0 Å². The van der Waals surface area contributed by atoms with E-state index >= 15 is 0 Å². The highest BCUT2D eigenvalue weighted by Gasteiger charge is 1.97. The Labute approximate surface area is 64.5 Å². The summed E-state index contributed by atoms with van der Waals surface area (Å²) in [5.41, 5.74) is 0.811. The van der Waals surface area contributed by atoms with Crippen molar-refractivity contribution in [2.75, 3.05) is 0 Å². The van der Waals surface area contributed by atoms with E-state index in [0.717, 1.165) is 0 Å². The number of terminal acetylenes is 1. The van der Waals surface area contributed by atoms with E-state index in [0.29, 0.717) is 17.4 Å². The van der Waals surface area contributed by atoms with Gasteiger partial charge < -0.3 is 5.11 Å². The number of carbonyl (C=O) groups is 1. The van der Waals surface area contributed by atoms with Gasteiger partial charge in [-0.2, -0.15) is 0 Å². The predicted octanol–water partition coefficient (Wildman–Crippen LogP) is 1.19. The molecule has 0 amide bonds. The monoisotopic (exact) mass is 146 g/mol. The molecule has 0 aliphatic heterocycles. The number of aromatic hydroxyl groups is 1. The number of hydrogen-bond donors (Lipinski definition) is 1. The maximum atomic E-state index is 10.2. The highest BCUT2D eigenvalue weighted by molar-refractivity contribution is 5.76. The largest absolute Gasteiger partial charge is 0.507 e. The van der Waals surface area contributed by atoms with Gasteiger partial charge in [0.15, 0.2) is 0 Å². The summed E-state index contributed by atoms with van der Waals surface area (Å²) in [5.74, 6) is 2.29. The second-order valence-corrected chi connectivity index (χ2v) is 2.04. The van der Waals surface area contributed by atoms with Gasteiger partial charge in [-0.3, -0.25) is 4.79 Å². The molecule has 0 radical (unpaired) electrons. The lowest BCUT2D eigenvalue weighted by molar-refractivity contribution is 0.112. The Morgan fingerprint density at radius 2 is 2.27 bits per heavy atom. The second kappa shape index (κ2) is 2.89. The van der Waals surface area contributed by atoms with Crippen LogP contribution >= 0.6 is 0 Å². The quantitative estimate of drug-likeness (QED) is 0.477. The molecule has 1 N–H and O–H groups in total. The number of phenolic OH excluding ortho intramolecular Hbond substituents is 1. The summed E-state index contributed by atoms with van der Waals surface area (Å²) in [7, 11) is 0. The number of hydrogen-bond acceptors (Lipinski definition) is 2. The van der Waals surface area contributed by atoms with Gasteiger partial charge in [0.2, 0.25) is 0 Å². The van der Waals surface area contributed by atoms with Crippen LogP contribution < -0.4 is 0 Å². The Kier molecular flexibility index (Phi) is 1.93. The topological polar surface area (TPSA) is 37.3 Å². The second-order valence-electron chi connectivity index (χ2n) is 2.04. The summed E-state index contributed by atoms with van der Waals surface area (Å²) < 4.78 is 0. The van der Waals surface area contributed by atoms with Crippen molar-refractivity contribution in [3.63, 3.8) is 0 Å². The molecule has 0 saturated carbocycles. The van der Waals surface area contributed by atoms with E-state index in [4.69, 9.17) is 11.5 Å². The van der Waals surface area contributed by atoms with Crippen LogP contribution in [-0.2, 0) is 0 Å². The normalized spacial score (nSPS) is 8.64. The smallest absolute Gasteiger partial charge is 0.150 e. The van der Waals surface area contributed by atoms with Crippen LogP contribution in [0, 0.1) is 12.3 Å². The van der Waals surface area contributed by atoms with Gasteiger partial charge in [-0.05, 0) is 18.2 Å². The Balaban J connectivity index is 3.25. The van der Waals surface area contributed by atoms with Crippen LogP contribution in [0.25, 0.3) is 0 Å². The zero-order chi connectivity index (χ0) is 8.27. The summed E-state index contributed by atoms with van der Waals surface area (Å²) in [6, 6.07) is 4.37. The van der Waals surface area contributed by atoms with E-state index in [-0.39, 0.29) is 5.75 Å². The first-order valence-corrected chi connectivity index (χ1v) is 3.02. The highest BCUT2D eigenvalue weighted by Crippen LogP contribution is 2.15. The Morgan fingerprint density at radius 1 is 1.55 bits per heavy atom. The predicted molar refractivity (Wildman–Crippen MR) is 41.4 cm³/mol. The first-order valence-electron chi connectivity index (χ1n) is 3.02. The molecule has 0 saturated heterocycles. The van der Waals surface area contributed by atoms with Crippen molar-refractivity contribution in [1.82, 2.24) is 0 Å². The van der Waals surface area contributed by atoms with Crippen LogP contribution in [0.15, 0.2) is 18.2 Å². The first-order chi connectivity index (χ1) is 5.27. The molecule has 0 atom stereocenters. The number of aldehydes is 1. The lowest BCUT2D eigenvalue weighted by Gasteiger charge is -1.95. The molecule has 0 aliphatic carbocycles. The third-order valence-electron chi connectivity index (χ3n) is 1.31. The van der Waals surface area contributed by atoms with Gasteiger partial charge in [-0.1, -0.05) is 5.92 Å². The number of carbonyl (C=O) groups excluding carboxylic acids is 1. The number of rotatable bonds is 1. The molecule has 0 aliphatic rings. The fourth-order valence-electron chi connectivity index (χ4n) is 0.743. The molecule has 0 heterocycles. The molecule has 0 spiro atoms. The van der Waals surface area contributed by atoms with Crippen molar-refractivity contribution >= 4 is 6.29 Å². The van der Waals surface area contributed by atoms with Gasteiger partial charge in [-0.15, -0.1) is 6.42 Å². The summed E-state index contributed by atoms with van der Waals surface area (Å²) in [4.78, 5) is 10.2. The van der Waals surface area contributed by atoms with E-state index in [9.17, 15) is 4.79 Å². The minimum absolute atomic E-state index is 0.0260. The molecule has 11 heavy (non-hydrogen) atoms. The molecular formula is C9H6O2. The zero-order valence-electron chi connectivity index (χ0n) is 5.74. The fourth-order valence-corrected chi connectivity index (χ4v) is 0.743. The van der Waals surface area contributed by atoms with Crippen LogP contribution in [0.1, 0.15) is 15.9 Å². The van der Waals surface area contributed by atoms with E-state index in [2.05, 4.69) is 5.92 Å².